The zero-order chi connectivity index (χ0) is 7.00. The summed E-state index contributed by atoms with van der Waals surface area (Å²) >= 11 is 16.6. The van der Waals surface area contributed by atoms with Crippen LogP contribution >= 0.6 is 11.7 Å². The fourth-order valence-electron chi connectivity index (χ4n) is 0. The van der Waals surface area contributed by atoms with E-state index in [4.69, 9.17) is 6.72 Å². The van der Waals surface area contributed by atoms with Crippen LogP contribution in [0.2, 0.25) is 0 Å². The van der Waals surface area contributed by atoms with E-state index in [9.17, 15) is 3.89 Å². The Balaban J connectivity index is 5.18. The van der Waals surface area contributed by atoms with Crippen LogP contribution in [-0.4, -0.2) is 6.72 Å². The molecule has 0 aromatic rings. The summed E-state index contributed by atoms with van der Waals surface area (Å²) in [7, 11) is -3.18. The fraction of sp³-hybridized carbons (Fsp3) is 0. The van der Waals surface area contributed by atoms with E-state index in [2.05, 4.69) is 45.2 Å². The predicted octanol–water partition coefficient (Wildman–Crippen LogP) is 0.408. The fourth-order valence-corrected chi connectivity index (χ4v) is 0. The summed E-state index contributed by atoms with van der Waals surface area (Å²) in [6.45, 7) is 4.80. The van der Waals surface area contributed by atoms with Crippen LogP contribution in [0.15, 0.2) is 0 Å². The first-order chi connectivity index (χ1) is 3.25. The second-order valence-electron chi connectivity index (χ2n) is 0.903. The van der Waals surface area contributed by atoms with Crippen molar-refractivity contribution in [2.24, 2.45) is 0 Å². The van der Waals surface area contributed by atoms with Gasteiger partial charge in [-0.2, -0.15) is 0 Å². The maximum atomic E-state index is 12.3. The number of rotatable bonds is 1. The van der Waals surface area contributed by atoms with Crippen LogP contribution < -0.4 is 0 Å². The number of hydrogen-bond donors (Lipinski definition) is 1. The summed E-state index contributed by atoms with van der Waals surface area (Å²) in [5.41, 5.74) is 0. The normalized spacial score (nSPS) is 19.6. The molecule has 8 heteroatoms. The van der Waals surface area contributed by atoms with Crippen molar-refractivity contribution in [3.05, 3.63) is 0 Å². The Labute approximate surface area is 68.0 Å². The predicted molar refractivity (Wildman–Crippen MR) is 52.7 cm³/mol. The van der Waals surface area contributed by atoms with Crippen molar-refractivity contribution in [1.82, 2.24) is 0 Å². The van der Waals surface area contributed by atoms with E-state index >= 15 is 0 Å². The molecule has 47 valence electrons. The Hall–Kier alpha value is 1.70. The Morgan fingerprint density at radius 3 is 1.50 bits per heavy atom. The minimum absolute atomic E-state index is 2.47. The Kier molecular flexibility index (Phi) is 3.34. The van der Waals surface area contributed by atoms with Crippen molar-refractivity contribution in [1.29, 1.82) is 0 Å². The summed E-state index contributed by atoms with van der Waals surface area (Å²) < 4.78 is 12.3. The minimum atomic E-state index is -3.18. The van der Waals surface area contributed by atoms with Gasteiger partial charge >= 0.3 is 68.5 Å². The zero-order valence-corrected chi connectivity index (χ0v) is 8.42. The van der Waals surface area contributed by atoms with Crippen LogP contribution in [0.25, 0.3) is 0 Å². The molecule has 1 unspecified atom stereocenters. The van der Waals surface area contributed by atoms with Gasteiger partial charge in [0.2, 0.25) is 0 Å². The van der Waals surface area contributed by atoms with Crippen LogP contribution in [0.4, 0.5) is 3.89 Å². The van der Waals surface area contributed by atoms with E-state index in [0.717, 1.165) is 0 Å². The van der Waals surface area contributed by atoms with Crippen LogP contribution in [0.3, 0.4) is 0 Å². The quantitative estimate of drug-likeness (QED) is 0.296. The third kappa shape index (κ3) is 3.02. The van der Waals surface area contributed by atoms with E-state index in [1.165, 1.54) is 0 Å². The van der Waals surface area contributed by atoms with Gasteiger partial charge in [-0.3, -0.25) is 0 Å². The first kappa shape index (κ1) is 9.70. The zero-order valence-electron chi connectivity index (χ0n) is 3.44. The molecule has 0 aliphatic heterocycles. The van der Waals surface area contributed by atoms with E-state index in [-0.39, 0.29) is 0 Å². The van der Waals surface area contributed by atoms with Gasteiger partial charge in [0.1, 0.15) is 0 Å². The summed E-state index contributed by atoms with van der Waals surface area (Å²) in [5, 5.41) is -2.47. The molecule has 0 bridgehead atoms. The van der Waals surface area contributed by atoms with Gasteiger partial charge in [-0.05, 0) is 0 Å². The van der Waals surface area contributed by atoms with Gasteiger partial charge in [-0.15, -0.1) is 0 Å². The Morgan fingerprint density at radius 2 is 1.50 bits per heavy atom. The van der Waals surface area contributed by atoms with Crippen molar-refractivity contribution in [2.45, 2.75) is 0 Å². The van der Waals surface area contributed by atoms with Crippen molar-refractivity contribution >= 4 is 64.6 Å². The molecule has 0 amide bonds. The SMILES string of the molecule is [B]=S(F)(=S)S(=S)(=S)S. The molecule has 0 fully saturated rings. The standard InChI is InChI=1S/BFHS6/c1-7(2,3)8(4,5)6/h(H,4,5,6). The second kappa shape index (κ2) is 2.75. The van der Waals surface area contributed by atoms with Gasteiger partial charge in [0.25, 0.3) is 0 Å². The molecule has 0 heterocycles. The Bertz CT molecular complexity index is 221. The molecule has 1 radical (unpaired) electrons. The van der Waals surface area contributed by atoms with Gasteiger partial charge < -0.3 is 0 Å². The molecular weight excluding hydrogens is 222 g/mol. The molecule has 0 aromatic heterocycles. The van der Waals surface area contributed by atoms with Gasteiger partial charge in [-0.1, -0.05) is 0 Å². The van der Waals surface area contributed by atoms with Crippen LogP contribution in [0.1, 0.15) is 0 Å². The van der Waals surface area contributed by atoms with Gasteiger partial charge in [0.05, 0.1) is 0 Å². The van der Waals surface area contributed by atoms with E-state index in [0.29, 0.717) is 0 Å². The molecular formula is HBFS6. The summed E-state index contributed by atoms with van der Waals surface area (Å²) in [6, 6.07) is 0. The summed E-state index contributed by atoms with van der Waals surface area (Å²) in [5.74, 6) is 0. The topological polar surface area (TPSA) is 0 Å². The molecule has 0 aromatic carbocycles. The third-order valence-corrected chi connectivity index (χ3v) is 12.4. The van der Waals surface area contributed by atoms with E-state index in [1.807, 2.05) is 0 Å². The van der Waals surface area contributed by atoms with Crippen molar-refractivity contribution < 1.29 is 3.89 Å². The Morgan fingerprint density at radius 1 is 1.38 bits per heavy atom. The third-order valence-electron chi connectivity index (χ3n) is 0.287. The van der Waals surface area contributed by atoms with Crippen LogP contribution in [-0.2, 0) is 46.2 Å². The molecule has 0 aliphatic carbocycles. The van der Waals surface area contributed by atoms with Crippen molar-refractivity contribution in [3.8, 4) is 0 Å². The molecule has 0 nitrogen and oxygen atoms in total. The average molecular weight is 223 g/mol. The maximum absolute atomic E-state index is 12.3. The number of halogens is 1. The molecule has 0 spiro atoms. The first-order valence-electron chi connectivity index (χ1n) is 1.24. The molecule has 0 N–H and O–H groups in total. The summed E-state index contributed by atoms with van der Waals surface area (Å²) in [6.07, 6.45) is 0. The average Bonchev–Trinajstić information content (AvgIpc) is 1.25. The molecule has 0 saturated carbocycles. The number of hydrogen-bond acceptors (Lipinski definition) is 3. The number of thiol groups is 1. The van der Waals surface area contributed by atoms with Crippen molar-refractivity contribution in [2.75, 3.05) is 0 Å². The van der Waals surface area contributed by atoms with Crippen LogP contribution in [0.5, 0.6) is 0 Å². The molecule has 1 atom stereocenters. The summed E-state index contributed by atoms with van der Waals surface area (Å²) in [4.78, 5) is 0. The van der Waals surface area contributed by atoms with Gasteiger partial charge in [0, 0.05) is 0 Å². The monoisotopic (exact) mass is 223 g/mol. The van der Waals surface area contributed by atoms with Gasteiger partial charge in [-0.25, -0.2) is 0 Å². The van der Waals surface area contributed by atoms with E-state index < -0.39 is 12.6 Å². The van der Waals surface area contributed by atoms with Crippen LogP contribution in [0, 0.1) is 0 Å². The molecule has 0 saturated heterocycles. The van der Waals surface area contributed by atoms with Gasteiger partial charge in [0.15, 0.2) is 0 Å². The van der Waals surface area contributed by atoms with E-state index in [1.54, 1.807) is 0 Å². The molecule has 0 aliphatic rings. The molecule has 8 heavy (non-hydrogen) atoms. The van der Waals surface area contributed by atoms with Crippen molar-refractivity contribution in [3.63, 3.8) is 0 Å². The first-order valence-corrected chi connectivity index (χ1v) is 8.81. The second-order valence-corrected chi connectivity index (χ2v) is 16.5. The molecule has 0 rings (SSSR count).